The second-order valence-electron chi connectivity index (χ2n) is 4.49. The third-order valence-corrected chi connectivity index (χ3v) is 3.49. The van der Waals surface area contributed by atoms with Crippen molar-refractivity contribution >= 4 is 15.9 Å². The van der Waals surface area contributed by atoms with Crippen molar-refractivity contribution in [2.24, 2.45) is 0 Å². The molecule has 8 heteroatoms. The van der Waals surface area contributed by atoms with Crippen molar-refractivity contribution in [1.82, 2.24) is 20.3 Å². The van der Waals surface area contributed by atoms with Gasteiger partial charge >= 0.3 is 6.18 Å². The lowest BCUT2D eigenvalue weighted by Gasteiger charge is -2.10. The van der Waals surface area contributed by atoms with E-state index >= 15 is 0 Å². The van der Waals surface area contributed by atoms with Crippen LogP contribution in [0.2, 0.25) is 0 Å². The molecule has 0 bridgehead atoms. The molecule has 21 heavy (non-hydrogen) atoms. The van der Waals surface area contributed by atoms with Gasteiger partial charge in [-0.25, -0.2) is 4.68 Å². The summed E-state index contributed by atoms with van der Waals surface area (Å²) in [6.07, 6.45) is -1.80. The number of rotatable bonds is 5. The van der Waals surface area contributed by atoms with Crippen LogP contribution in [-0.4, -0.2) is 21.5 Å². The summed E-state index contributed by atoms with van der Waals surface area (Å²) in [6.45, 7) is 3.43. The van der Waals surface area contributed by atoms with E-state index in [1.54, 1.807) is 12.3 Å². The molecule has 114 valence electrons. The van der Waals surface area contributed by atoms with Gasteiger partial charge in [0.05, 0.1) is 23.1 Å². The molecule has 2 rings (SSSR count). The number of halogens is 4. The average molecular weight is 363 g/mol. The summed E-state index contributed by atoms with van der Waals surface area (Å²) < 4.78 is 40.0. The summed E-state index contributed by atoms with van der Waals surface area (Å²) in [7, 11) is 0. The Labute approximate surface area is 128 Å². The summed E-state index contributed by atoms with van der Waals surface area (Å²) in [5, 5.41) is 11.0. The Bertz CT molecular complexity index is 610. The van der Waals surface area contributed by atoms with E-state index in [4.69, 9.17) is 0 Å². The Hall–Kier alpha value is -1.41. The molecule has 0 saturated heterocycles. The van der Waals surface area contributed by atoms with Gasteiger partial charge in [0.1, 0.15) is 0 Å². The highest BCUT2D eigenvalue weighted by Crippen LogP contribution is 2.35. The normalized spacial score (nSPS) is 11.9. The fourth-order valence-corrected chi connectivity index (χ4v) is 2.24. The number of alkyl halides is 3. The monoisotopic (exact) mass is 362 g/mol. The average Bonchev–Trinajstić information content (AvgIpc) is 2.87. The lowest BCUT2D eigenvalue weighted by molar-refractivity contribution is -0.138. The van der Waals surface area contributed by atoms with Crippen LogP contribution in [0.5, 0.6) is 0 Å². The van der Waals surface area contributed by atoms with Crippen molar-refractivity contribution in [3.63, 3.8) is 0 Å². The number of nitrogens with zero attached hydrogens (tertiary/aromatic N) is 3. The molecule has 2 aromatic rings. The molecule has 0 aliphatic rings. The van der Waals surface area contributed by atoms with E-state index < -0.39 is 11.7 Å². The molecule has 1 heterocycles. The summed E-state index contributed by atoms with van der Waals surface area (Å²) in [5.41, 5.74) is 0.265. The zero-order valence-corrected chi connectivity index (χ0v) is 12.9. The molecular weight excluding hydrogens is 349 g/mol. The zero-order chi connectivity index (χ0) is 15.5. The first-order valence-electron chi connectivity index (χ1n) is 6.41. The van der Waals surface area contributed by atoms with Crippen molar-refractivity contribution in [3.05, 3.63) is 40.1 Å². The molecule has 0 aliphatic heterocycles. The van der Waals surface area contributed by atoms with Gasteiger partial charge in [-0.05, 0) is 31.2 Å². The predicted octanol–water partition coefficient (Wildman–Crippen LogP) is 3.55. The van der Waals surface area contributed by atoms with Crippen LogP contribution in [0.1, 0.15) is 24.6 Å². The van der Waals surface area contributed by atoms with Crippen LogP contribution in [0, 0.1) is 0 Å². The van der Waals surface area contributed by atoms with Crippen molar-refractivity contribution in [2.45, 2.75) is 26.1 Å². The molecule has 0 fully saturated rings. The van der Waals surface area contributed by atoms with Crippen LogP contribution in [0.25, 0.3) is 5.69 Å². The molecule has 0 amide bonds. The van der Waals surface area contributed by atoms with Crippen molar-refractivity contribution < 1.29 is 13.2 Å². The van der Waals surface area contributed by atoms with Crippen LogP contribution in [0.4, 0.5) is 13.2 Å². The largest absolute Gasteiger partial charge is 0.417 e. The van der Waals surface area contributed by atoms with Gasteiger partial charge in [-0.2, -0.15) is 13.2 Å². The molecule has 0 radical (unpaired) electrons. The molecule has 1 N–H and O–H groups in total. The quantitative estimate of drug-likeness (QED) is 0.827. The smallest absolute Gasteiger partial charge is 0.311 e. The van der Waals surface area contributed by atoms with Crippen molar-refractivity contribution in [2.75, 3.05) is 6.54 Å². The molecule has 0 unspecified atom stereocenters. The summed E-state index contributed by atoms with van der Waals surface area (Å²) in [4.78, 5) is 0. The fourth-order valence-electron chi connectivity index (χ4n) is 1.77. The van der Waals surface area contributed by atoms with Gasteiger partial charge in [-0.15, -0.1) is 5.10 Å². The molecule has 0 aliphatic carbocycles. The number of nitrogens with one attached hydrogen (secondary N) is 1. The summed E-state index contributed by atoms with van der Waals surface area (Å²) >= 11 is 2.91. The van der Waals surface area contributed by atoms with E-state index in [2.05, 4.69) is 31.6 Å². The molecule has 0 atom stereocenters. The maximum absolute atomic E-state index is 12.9. The van der Waals surface area contributed by atoms with Crippen LogP contribution in [-0.2, 0) is 12.7 Å². The summed E-state index contributed by atoms with van der Waals surface area (Å²) in [6, 6.07) is 3.95. The van der Waals surface area contributed by atoms with Crippen LogP contribution in [0.15, 0.2) is 28.9 Å². The zero-order valence-electron chi connectivity index (χ0n) is 11.3. The van der Waals surface area contributed by atoms with E-state index in [1.807, 2.05) is 6.92 Å². The second-order valence-corrected chi connectivity index (χ2v) is 5.35. The Balaban J connectivity index is 2.22. The van der Waals surface area contributed by atoms with Crippen molar-refractivity contribution in [3.8, 4) is 5.69 Å². The van der Waals surface area contributed by atoms with Gasteiger partial charge in [-0.1, -0.05) is 28.1 Å². The second kappa shape index (κ2) is 6.57. The third-order valence-electron chi connectivity index (χ3n) is 2.79. The highest BCUT2D eigenvalue weighted by Gasteiger charge is 2.33. The number of benzene rings is 1. The lowest BCUT2D eigenvalue weighted by atomic mass is 10.2. The lowest BCUT2D eigenvalue weighted by Crippen LogP contribution is -2.13. The molecule has 4 nitrogen and oxygen atoms in total. The van der Waals surface area contributed by atoms with E-state index in [-0.39, 0.29) is 4.47 Å². The van der Waals surface area contributed by atoms with E-state index in [0.717, 1.165) is 19.0 Å². The molecule has 1 aromatic heterocycles. The Kier molecular flexibility index (Phi) is 5.00. The Morgan fingerprint density at radius 3 is 2.76 bits per heavy atom. The van der Waals surface area contributed by atoms with E-state index in [9.17, 15) is 13.2 Å². The first-order valence-corrected chi connectivity index (χ1v) is 7.20. The van der Waals surface area contributed by atoms with Gasteiger partial charge in [0, 0.05) is 11.0 Å². The predicted molar refractivity (Wildman–Crippen MR) is 76.1 cm³/mol. The topological polar surface area (TPSA) is 42.7 Å². The van der Waals surface area contributed by atoms with Crippen LogP contribution < -0.4 is 5.32 Å². The first-order chi connectivity index (χ1) is 9.91. The van der Waals surface area contributed by atoms with E-state index in [0.29, 0.717) is 17.9 Å². The van der Waals surface area contributed by atoms with Crippen LogP contribution in [0.3, 0.4) is 0 Å². The molecule has 1 aromatic carbocycles. The van der Waals surface area contributed by atoms with Crippen molar-refractivity contribution in [1.29, 1.82) is 0 Å². The van der Waals surface area contributed by atoms with Gasteiger partial charge in [-0.3, -0.25) is 0 Å². The number of hydrogen-bond donors (Lipinski definition) is 1. The molecule has 0 spiro atoms. The minimum atomic E-state index is -4.42. The van der Waals surface area contributed by atoms with Gasteiger partial charge in [0.15, 0.2) is 0 Å². The van der Waals surface area contributed by atoms with Crippen LogP contribution >= 0.6 is 15.9 Å². The SMILES string of the molecule is CCCNCc1cn(-c2ccc(Br)c(C(F)(F)F)c2)nn1. The fraction of sp³-hybridized carbons (Fsp3) is 0.385. The number of hydrogen-bond acceptors (Lipinski definition) is 3. The third kappa shape index (κ3) is 4.04. The minimum absolute atomic E-state index is 0.00343. The van der Waals surface area contributed by atoms with Gasteiger partial charge in [0.2, 0.25) is 0 Å². The molecular formula is C13H14BrF3N4. The highest BCUT2D eigenvalue weighted by atomic mass is 79.9. The maximum atomic E-state index is 12.9. The standard InChI is InChI=1S/C13H14BrF3N4/c1-2-5-18-7-9-8-21(20-19-9)10-3-4-12(14)11(6-10)13(15,16)17/h3-4,6,8,18H,2,5,7H2,1H3. The maximum Gasteiger partial charge on any atom is 0.417 e. The Morgan fingerprint density at radius 2 is 2.10 bits per heavy atom. The minimum Gasteiger partial charge on any atom is -0.311 e. The summed E-state index contributed by atoms with van der Waals surface area (Å²) in [5.74, 6) is 0. The molecule has 0 saturated carbocycles. The van der Waals surface area contributed by atoms with Gasteiger partial charge in [0.25, 0.3) is 0 Å². The van der Waals surface area contributed by atoms with E-state index in [1.165, 1.54) is 10.7 Å². The van der Waals surface area contributed by atoms with Gasteiger partial charge < -0.3 is 5.32 Å². The Morgan fingerprint density at radius 1 is 1.33 bits per heavy atom. The highest BCUT2D eigenvalue weighted by molar-refractivity contribution is 9.10. The number of aromatic nitrogens is 3. The first kappa shape index (κ1) is 16.0.